The molecule has 0 radical (unpaired) electrons. The Morgan fingerprint density at radius 2 is 1.96 bits per heavy atom. The summed E-state index contributed by atoms with van der Waals surface area (Å²) in [6.07, 6.45) is 2.62. The highest BCUT2D eigenvalue weighted by molar-refractivity contribution is 5.13. The zero-order valence-corrected chi connectivity index (χ0v) is 13.5. The standard InChI is InChI=1S/C18H22N2O3/c1-18(2,20-9-8-16(21)19-17(20)22)15-10-14(15)12-23-11-13-6-4-3-5-7-13/h3-9,14-15H,10-12H2,1-2H3,(H,19,21,22)/t14-,15+/m0/s1. The maximum atomic E-state index is 12.0. The van der Waals surface area contributed by atoms with Crippen molar-refractivity contribution in [1.82, 2.24) is 9.55 Å². The number of benzene rings is 1. The van der Waals surface area contributed by atoms with Gasteiger partial charge >= 0.3 is 5.69 Å². The van der Waals surface area contributed by atoms with E-state index in [0.29, 0.717) is 25.0 Å². The topological polar surface area (TPSA) is 64.1 Å². The molecule has 1 fully saturated rings. The number of nitrogens with one attached hydrogen (secondary N) is 1. The van der Waals surface area contributed by atoms with Crippen molar-refractivity contribution in [2.75, 3.05) is 6.61 Å². The summed E-state index contributed by atoms with van der Waals surface area (Å²) >= 11 is 0. The summed E-state index contributed by atoms with van der Waals surface area (Å²) in [5.41, 5.74) is 0.127. The molecular formula is C18H22N2O3. The molecule has 1 saturated carbocycles. The number of H-pyrrole nitrogens is 1. The highest BCUT2D eigenvalue weighted by Crippen LogP contribution is 2.49. The zero-order valence-electron chi connectivity index (χ0n) is 13.5. The minimum atomic E-state index is -0.361. The number of ether oxygens (including phenoxy) is 1. The van der Waals surface area contributed by atoms with Gasteiger partial charge in [-0.05, 0) is 37.7 Å². The average Bonchev–Trinajstić information content (AvgIpc) is 3.28. The Labute approximate surface area is 134 Å². The normalized spacial score (nSPS) is 20.4. The molecule has 0 spiro atoms. The second-order valence-electron chi connectivity index (χ2n) is 6.74. The minimum absolute atomic E-state index is 0.331. The lowest BCUT2D eigenvalue weighted by molar-refractivity contribution is 0.101. The van der Waals surface area contributed by atoms with Crippen molar-refractivity contribution < 1.29 is 4.74 Å². The van der Waals surface area contributed by atoms with Gasteiger partial charge in [0.15, 0.2) is 0 Å². The molecule has 1 N–H and O–H groups in total. The van der Waals surface area contributed by atoms with E-state index in [-0.39, 0.29) is 16.8 Å². The van der Waals surface area contributed by atoms with Crippen molar-refractivity contribution in [3.8, 4) is 0 Å². The van der Waals surface area contributed by atoms with E-state index in [4.69, 9.17) is 4.74 Å². The van der Waals surface area contributed by atoms with Crippen molar-refractivity contribution in [3.05, 3.63) is 69.0 Å². The van der Waals surface area contributed by atoms with Crippen LogP contribution in [0.15, 0.2) is 52.2 Å². The lowest BCUT2D eigenvalue weighted by Crippen LogP contribution is -2.41. The molecule has 1 aliphatic rings. The van der Waals surface area contributed by atoms with Crippen LogP contribution in [0.3, 0.4) is 0 Å². The van der Waals surface area contributed by atoms with Gasteiger partial charge in [0.25, 0.3) is 5.56 Å². The van der Waals surface area contributed by atoms with Gasteiger partial charge in [0.1, 0.15) is 0 Å². The molecule has 1 aromatic carbocycles. The second kappa shape index (κ2) is 6.16. The number of nitrogens with zero attached hydrogens (tertiary/aromatic N) is 1. The van der Waals surface area contributed by atoms with Gasteiger partial charge in [0, 0.05) is 17.8 Å². The molecule has 5 heteroatoms. The molecule has 23 heavy (non-hydrogen) atoms. The van der Waals surface area contributed by atoms with Crippen molar-refractivity contribution in [2.24, 2.45) is 11.8 Å². The first-order valence-electron chi connectivity index (χ1n) is 7.92. The van der Waals surface area contributed by atoms with E-state index in [2.05, 4.69) is 4.98 Å². The van der Waals surface area contributed by atoms with Gasteiger partial charge in [-0.25, -0.2) is 4.79 Å². The molecule has 2 aromatic rings. The molecule has 1 heterocycles. The third-order valence-electron chi connectivity index (χ3n) is 4.72. The van der Waals surface area contributed by atoms with Crippen LogP contribution in [0.4, 0.5) is 0 Å². The Morgan fingerprint density at radius 3 is 2.65 bits per heavy atom. The highest BCUT2D eigenvalue weighted by Gasteiger charge is 2.48. The van der Waals surface area contributed by atoms with Crippen molar-refractivity contribution in [1.29, 1.82) is 0 Å². The van der Waals surface area contributed by atoms with Crippen LogP contribution in [0.5, 0.6) is 0 Å². The lowest BCUT2D eigenvalue weighted by atomic mass is 9.96. The largest absolute Gasteiger partial charge is 0.376 e. The first-order chi connectivity index (χ1) is 11.0. The molecule has 122 valence electrons. The van der Waals surface area contributed by atoms with Crippen molar-refractivity contribution >= 4 is 0 Å². The van der Waals surface area contributed by atoms with Gasteiger partial charge in [-0.15, -0.1) is 0 Å². The highest BCUT2D eigenvalue weighted by atomic mass is 16.5. The third-order valence-corrected chi connectivity index (χ3v) is 4.72. The Kier molecular flexibility index (Phi) is 4.22. The molecule has 0 saturated heterocycles. The second-order valence-corrected chi connectivity index (χ2v) is 6.74. The fourth-order valence-electron chi connectivity index (χ4n) is 3.25. The van der Waals surface area contributed by atoms with Crippen LogP contribution in [0, 0.1) is 11.8 Å². The van der Waals surface area contributed by atoms with E-state index in [1.54, 1.807) is 10.8 Å². The monoisotopic (exact) mass is 314 g/mol. The SMILES string of the molecule is CC(C)([C@@H]1C[C@H]1COCc1ccccc1)n1ccc(=O)[nH]c1=O. The summed E-state index contributed by atoms with van der Waals surface area (Å²) in [5, 5.41) is 0. The van der Waals surface area contributed by atoms with Crippen LogP contribution in [-0.2, 0) is 16.9 Å². The molecular weight excluding hydrogens is 292 g/mol. The van der Waals surface area contributed by atoms with Crippen LogP contribution < -0.4 is 11.2 Å². The van der Waals surface area contributed by atoms with E-state index in [9.17, 15) is 9.59 Å². The first kappa shape index (κ1) is 15.7. The number of hydrogen-bond acceptors (Lipinski definition) is 3. The molecule has 2 atom stereocenters. The molecule has 5 nitrogen and oxygen atoms in total. The average molecular weight is 314 g/mol. The van der Waals surface area contributed by atoms with E-state index in [0.717, 1.165) is 6.42 Å². The Morgan fingerprint density at radius 1 is 1.22 bits per heavy atom. The maximum absolute atomic E-state index is 12.0. The predicted molar refractivity (Wildman–Crippen MR) is 88.3 cm³/mol. The van der Waals surface area contributed by atoms with Crippen LogP contribution in [0.25, 0.3) is 0 Å². The Hall–Kier alpha value is -2.14. The molecule has 1 aromatic heterocycles. The quantitative estimate of drug-likeness (QED) is 0.888. The van der Waals surface area contributed by atoms with E-state index < -0.39 is 0 Å². The Bertz CT molecular complexity index is 777. The van der Waals surface area contributed by atoms with Crippen LogP contribution >= 0.6 is 0 Å². The van der Waals surface area contributed by atoms with Crippen molar-refractivity contribution in [3.63, 3.8) is 0 Å². The molecule has 1 aliphatic carbocycles. The number of aromatic nitrogens is 2. The predicted octanol–water partition coefficient (Wildman–Crippen LogP) is 2.12. The van der Waals surface area contributed by atoms with E-state index in [1.807, 2.05) is 44.2 Å². The molecule has 0 aliphatic heterocycles. The molecule has 3 rings (SSSR count). The van der Waals surface area contributed by atoms with Gasteiger partial charge in [0.2, 0.25) is 0 Å². The van der Waals surface area contributed by atoms with Crippen molar-refractivity contribution in [2.45, 2.75) is 32.4 Å². The molecule has 0 bridgehead atoms. The summed E-state index contributed by atoms with van der Waals surface area (Å²) < 4.78 is 7.43. The molecule has 0 amide bonds. The molecule has 0 unspecified atom stereocenters. The summed E-state index contributed by atoms with van der Waals surface area (Å²) in [7, 11) is 0. The van der Waals surface area contributed by atoms with Gasteiger partial charge < -0.3 is 4.74 Å². The summed E-state index contributed by atoms with van der Waals surface area (Å²) in [4.78, 5) is 25.5. The van der Waals surface area contributed by atoms with E-state index in [1.165, 1.54) is 11.6 Å². The van der Waals surface area contributed by atoms with Gasteiger partial charge in [-0.3, -0.25) is 14.3 Å². The fraction of sp³-hybridized carbons (Fsp3) is 0.444. The van der Waals surface area contributed by atoms with Crippen LogP contribution in [-0.4, -0.2) is 16.2 Å². The fourth-order valence-corrected chi connectivity index (χ4v) is 3.25. The van der Waals surface area contributed by atoms with Crippen LogP contribution in [0.2, 0.25) is 0 Å². The first-order valence-corrected chi connectivity index (χ1v) is 7.92. The maximum Gasteiger partial charge on any atom is 0.328 e. The van der Waals surface area contributed by atoms with Gasteiger partial charge in [-0.1, -0.05) is 30.3 Å². The third kappa shape index (κ3) is 3.45. The van der Waals surface area contributed by atoms with E-state index >= 15 is 0 Å². The Balaban J connectivity index is 1.58. The van der Waals surface area contributed by atoms with Gasteiger partial charge in [-0.2, -0.15) is 0 Å². The summed E-state index contributed by atoms with van der Waals surface area (Å²) in [5.74, 6) is 0.828. The lowest BCUT2D eigenvalue weighted by Gasteiger charge is -2.27. The smallest absolute Gasteiger partial charge is 0.328 e. The summed E-state index contributed by atoms with van der Waals surface area (Å²) in [6.45, 7) is 5.38. The minimum Gasteiger partial charge on any atom is -0.376 e. The van der Waals surface area contributed by atoms with Gasteiger partial charge in [0.05, 0.1) is 13.2 Å². The van der Waals surface area contributed by atoms with Crippen LogP contribution in [0.1, 0.15) is 25.8 Å². The number of rotatable bonds is 6. The number of hydrogen-bond donors (Lipinski definition) is 1. The summed E-state index contributed by atoms with van der Waals surface area (Å²) in [6, 6.07) is 11.5. The number of aromatic amines is 1. The zero-order chi connectivity index (χ0) is 16.4.